The van der Waals surface area contributed by atoms with Gasteiger partial charge >= 0.3 is 0 Å². The monoisotopic (exact) mass is 197 g/mol. The molecule has 1 heterocycles. The number of nitrogens with zero attached hydrogens (tertiary/aromatic N) is 1. The fraction of sp³-hybridized carbons (Fsp3) is 0.500. The van der Waals surface area contributed by atoms with Gasteiger partial charge in [-0.2, -0.15) is 0 Å². The molecule has 1 aromatic heterocycles. The van der Waals surface area contributed by atoms with Gasteiger partial charge in [-0.05, 0) is 18.6 Å². The summed E-state index contributed by atoms with van der Waals surface area (Å²) in [6.45, 7) is 2.38. The van der Waals surface area contributed by atoms with E-state index in [0.717, 1.165) is 11.3 Å². The fourth-order valence-electron chi connectivity index (χ4n) is 1.11. The second-order valence-electron chi connectivity index (χ2n) is 3.04. The van der Waals surface area contributed by atoms with Crippen molar-refractivity contribution in [3.63, 3.8) is 0 Å². The maximum atomic E-state index is 8.93. The molecule has 0 aliphatic heterocycles. The van der Waals surface area contributed by atoms with Gasteiger partial charge in [-0.25, -0.2) is 4.98 Å². The molecule has 0 saturated heterocycles. The predicted molar refractivity (Wildman–Crippen MR) is 52.1 cm³/mol. The van der Waals surface area contributed by atoms with Crippen LogP contribution < -0.4 is 4.74 Å². The zero-order chi connectivity index (χ0) is 10.4. The van der Waals surface area contributed by atoms with Gasteiger partial charge in [0.25, 0.3) is 0 Å². The van der Waals surface area contributed by atoms with Crippen molar-refractivity contribution in [3.05, 3.63) is 23.4 Å². The molecule has 0 unspecified atom stereocenters. The van der Waals surface area contributed by atoms with Crippen molar-refractivity contribution >= 4 is 0 Å². The van der Waals surface area contributed by atoms with Crippen molar-refractivity contribution in [2.75, 3.05) is 13.2 Å². The van der Waals surface area contributed by atoms with Crippen LogP contribution in [0.25, 0.3) is 0 Å². The Balaban J connectivity index is 2.62. The molecular formula is C10H15NO3. The maximum absolute atomic E-state index is 8.93. The zero-order valence-corrected chi connectivity index (χ0v) is 8.23. The molecule has 78 valence electrons. The largest absolute Gasteiger partial charge is 0.478 e. The third-order valence-electron chi connectivity index (χ3n) is 1.72. The molecule has 0 bridgehead atoms. The van der Waals surface area contributed by atoms with Crippen LogP contribution in [-0.4, -0.2) is 28.4 Å². The van der Waals surface area contributed by atoms with Crippen molar-refractivity contribution in [2.24, 2.45) is 0 Å². The number of rotatable bonds is 5. The third-order valence-corrected chi connectivity index (χ3v) is 1.72. The van der Waals surface area contributed by atoms with Crippen LogP contribution in [-0.2, 0) is 6.61 Å². The smallest absolute Gasteiger partial charge is 0.213 e. The van der Waals surface area contributed by atoms with Crippen LogP contribution in [0, 0.1) is 6.92 Å². The van der Waals surface area contributed by atoms with E-state index < -0.39 is 0 Å². The van der Waals surface area contributed by atoms with E-state index in [1.165, 1.54) is 0 Å². The van der Waals surface area contributed by atoms with Crippen LogP contribution in [0.4, 0.5) is 0 Å². The molecule has 0 amide bonds. The topological polar surface area (TPSA) is 62.6 Å². The minimum atomic E-state index is -0.0142. The maximum Gasteiger partial charge on any atom is 0.213 e. The summed E-state index contributed by atoms with van der Waals surface area (Å²) in [5.74, 6) is 0.502. The Labute approximate surface area is 83.2 Å². The molecule has 0 aliphatic carbocycles. The lowest BCUT2D eigenvalue weighted by molar-refractivity contribution is 0.228. The van der Waals surface area contributed by atoms with Gasteiger partial charge in [-0.1, -0.05) is 0 Å². The summed E-state index contributed by atoms with van der Waals surface area (Å²) in [5, 5.41) is 17.5. The summed E-state index contributed by atoms with van der Waals surface area (Å²) in [5.41, 5.74) is 1.60. The van der Waals surface area contributed by atoms with Crippen molar-refractivity contribution in [1.82, 2.24) is 4.98 Å². The third kappa shape index (κ3) is 3.32. The average Bonchev–Trinajstić information content (AvgIpc) is 2.17. The molecule has 1 rings (SSSR count). The highest BCUT2D eigenvalue weighted by atomic mass is 16.5. The minimum Gasteiger partial charge on any atom is -0.478 e. The first-order chi connectivity index (χ1) is 6.76. The highest BCUT2D eigenvalue weighted by Gasteiger charge is 2.00. The molecule has 2 N–H and O–H groups in total. The first kappa shape index (κ1) is 10.9. The molecular weight excluding hydrogens is 182 g/mol. The fourth-order valence-corrected chi connectivity index (χ4v) is 1.11. The number of hydrogen-bond acceptors (Lipinski definition) is 4. The van der Waals surface area contributed by atoms with Crippen LogP contribution in [0.3, 0.4) is 0 Å². The van der Waals surface area contributed by atoms with Gasteiger partial charge in [0, 0.05) is 24.8 Å². The molecule has 14 heavy (non-hydrogen) atoms. The predicted octanol–water partition coefficient (Wildman–Crippen LogP) is 0.644. The van der Waals surface area contributed by atoms with E-state index in [1.54, 1.807) is 12.1 Å². The lowest BCUT2D eigenvalue weighted by atomic mass is 10.2. The summed E-state index contributed by atoms with van der Waals surface area (Å²) in [6.07, 6.45) is 0.587. The Bertz CT molecular complexity index is 289. The van der Waals surface area contributed by atoms with E-state index in [1.807, 2.05) is 6.92 Å². The molecule has 0 aromatic carbocycles. The molecule has 0 radical (unpaired) electrons. The number of aryl methyl sites for hydroxylation is 1. The highest BCUT2D eigenvalue weighted by molar-refractivity contribution is 5.23. The van der Waals surface area contributed by atoms with Crippen LogP contribution >= 0.6 is 0 Å². The van der Waals surface area contributed by atoms with E-state index in [9.17, 15) is 0 Å². The quantitative estimate of drug-likeness (QED) is 0.680. The second kappa shape index (κ2) is 5.57. The van der Waals surface area contributed by atoms with Crippen LogP contribution in [0.2, 0.25) is 0 Å². The van der Waals surface area contributed by atoms with Gasteiger partial charge in [0.1, 0.15) is 0 Å². The molecule has 4 heteroatoms. The second-order valence-corrected chi connectivity index (χ2v) is 3.04. The molecule has 0 fully saturated rings. The van der Waals surface area contributed by atoms with Crippen LogP contribution in [0.5, 0.6) is 5.88 Å². The standard InChI is InChI=1S/C10H15NO3/c1-8-5-9(7-13)6-10(11-8)14-4-2-3-12/h5-6,12-13H,2-4,7H2,1H3. The SMILES string of the molecule is Cc1cc(CO)cc(OCCCO)n1. The van der Waals surface area contributed by atoms with Gasteiger partial charge in [0.05, 0.1) is 13.2 Å². The van der Waals surface area contributed by atoms with E-state index >= 15 is 0 Å². The van der Waals surface area contributed by atoms with Crippen molar-refractivity contribution in [3.8, 4) is 5.88 Å². The summed E-state index contributed by atoms with van der Waals surface area (Å²) in [4.78, 5) is 4.14. The van der Waals surface area contributed by atoms with Gasteiger partial charge in [-0.15, -0.1) is 0 Å². The van der Waals surface area contributed by atoms with Crippen molar-refractivity contribution in [1.29, 1.82) is 0 Å². The van der Waals surface area contributed by atoms with E-state index in [2.05, 4.69) is 4.98 Å². The van der Waals surface area contributed by atoms with Crippen LogP contribution in [0.15, 0.2) is 12.1 Å². The normalized spacial score (nSPS) is 10.2. The Morgan fingerprint density at radius 3 is 2.79 bits per heavy atom. The average molecular weight is 197 g/mol. The number of hydrogen-bond donors (Lipinski definition) is 2. The zero-order valence-electron chi connectivity index (χ0n) is 8.23. The molecule has 0 atom stereocenters. The van der Waals surface area contributed by atoms with E-state index in [-0.39, 0.29) is 13.2 Å². The Hall–Kier alpha value is -1.13. The van der Waals surface area contributed by atoms with Crippen LogP contribution in [0.1, 0.15) is 17.7 Å². The van der Waals surface area contributed by atoms with Crippen molar-refractivity contribution < 1.29 is 14.9 Å². The first-order valence-corrected chi connectivity index (χ1v) is 4.58. The molecule has 0 spiro atoms. The highest BCUT2D eigenvalue weighted by Crippen LogP contribution is 2.12. The number of aliphatic hydroxyl groups is 2. The van der Waals surface area contributed by atoms with Gasteiger partial charge in [0.15, 0.2) is 0 Å². The van der Waals surface area contributed by atoms with E-state index in [4.69, 9.17) is 14.9 Å². The molecule has 4 nitrogen and oxygen atoms in total. The Kier molecular flexibility index (Phi) is 4.35. The molecule has 1 aromatic rings. The number of ether oxygens (including phenoxy) is 1. The molecule has 0 aliphatic rings. The van der Waals surface area contributed by atoms with Gasteiger partial charge < -0.3 is 14.9 Å². The lowest BCUT2D eigenvalue weighted by Gasteiger charge is -2.06. The summed E-state index contributed by atoms with van der Waals surface area (Å²) in [6, 6.07) is 3.50. The summed E-state index contributed by atoms with van der Waals surface area (Å²) >= 11 is 0. The molecule has 0 saturated carbocycles. The van der Waals surface area contributed by atoms with Gasteiger partial charge in [0.2, 0.25) is 5.88 Å². The number of aliphatic hydroxyl groups excluding tert-OH is 2. The lowest BCUT2D eigenvalue weighted by Crippen LogP contribution is -2.02. The summed E-state index contributed by atoms with van der Waals surface area (Å²) in [7, 11) is 0. The van der Waals surface area contributed by atoms with E-state index in [0.29, 0.717) is 18.9 Å². The number of pyridine rings is 1. The first-order valence-electron chi connectivity index (χ1n) is 4.58. The Morgan fingerprint density at radius 1 is 1.36 bits per heavy atom. The Morgan fingerprint density at radius 2 is 2.14 bits per heavy atom. The van der Waals surface area contributed by atoms with Gasteiger partial charge in [-0.3, -0.25) is 0 Å². The minimum absolute atomic E-state index is 0.0142. The van der Waals surface area contributed by atoms with Crippen molar-refractivity contribution in [2.45, 2.75) is 20.0 Å². The summed E-state index contributed by atoms with van der Waals surface area (Å²) < 4.78 is 5.29. The number of aromatic nitrogens is 1.